The van der Waals surface area contributed by atoms with Crippen molar-refractivity contribution in [1.29, 1.82) is 0 Å². The Hall–Kier alpha value is -1.94. The number of aromatic nitrogens is 2. The first-order valence-electron chi connectivity index (χ1n) is 6.38. The standard InChI is InChI=1S/C15H18N2O2/c1-4-13-15(8-5-10(2)17-13)19-12-6-7-14(11(3)18)16-9-12/h5-9,11,18H,4H2,1-3H3. The average Bonchev–Trinajstić information content (AvgIpc) is 2.41. The highest BCUT2D eigenvalue weighted by molar-refractivity contribution is 5.34. The molecule has 0 saturated heterocycles. The zero-order valence-corrected chi connectivity index (χ0v) is 11.4. The lowest BCUT2D eigenvalue weighted by Gasteiger charge is -2.10. The number of nitrogens with zero attached hydrogens (tertiary/aromatic N) is 2. The van der Waals surface area contributed by atoms with Crippen molar-refractivity contribution in [3.63, 3.8) is 0 Å². The maximum absolute atomic E-state index is 9.40. The van der Waals surface area contributed by atoms with Crippen molar-refractivity contribution >= 4 is 0 Å². The fraction of sp³-hybridized carbons (Fsp3) is 0.333. The number of aliphatic hydroxyl groups excluding tert-OH is 1. The highest BCUT2D eigenvalue weighted by Gasteiger charge is 2.07. The van der Waals surface area contributed by atoms with E-state index in [4.69, 9.17) is 4.74 Å². The Kier molecular flexibility index (Phi) is 4.12. The number of hydrogen-bond donors (Lipinski definition) is 1. The van der Waals surface area contributed by atoms with Crippen molar-refractivity contribution < 1.29 is 9.84 Å². The Morgan fingerprint density at radius 1 is 1.26 bits per heavy atom. The average molecular weight is 258 g/mol. The largest absolute Gasteiger partial charge is 0.454 e. The van der Waals surface area contributed by atoms with Crippen LogP contribution in [0.2, 0.25) is 0 Å². The molecule has 0 aromatic carbocycles. The molecule has 0 amide bonds. The van der Waals surface area contributed by atoms with E-state index in [1.165, 1.54) is 0 Å². The minimum atomic E-state index is -0.568. The van der Waals surface area contributed by atoms with Crippen molar-refractivity contribution in [2.75, 3.05) is 0 Å². The summed E-state index contributed by atoms with van der Waals surface area (Å²) in [5.74, 6) is 1.39. The summed E-state index contributed by atoms with van der Waals surface area (Å²) in [6.07, 6.45) is 1.86. The van der Waals surface area contributed by atoms with E-state index in [0.717, 1.165) is 23.6 Å². The van der Waals surface area contributed by atoms with Gasteiger partial charge in [-0.25, -0.2) is 0 Å². The highest BCUT2D eigenvalue weighted by atomic mass is 16.5. The number of rotatable bonds is 4. The minimum absolute atomic E-state index is 0.568. The van der Waals surface area contributed by atoms with Gasteiger partial charge in [0.1, 0.15) is 11.5 Å². The van der Waals surface area contributed by atoms with Gasteiger partial charge in [0.2, 0.25) is 0 Å². The van der Waals surface area contributed by atoms with Crippen molar-refractivity contribution in [3.05, 3.63) is 47.5 Å². The summed E-state index contributed by atoms with van der Waals surface area (Å²) in [7, 11) is 0. The van der Waals surface area contributed by atoms with Crippen LogP contribution < -0.4 is 4.74 Å². The van der Waals surface area contributed by atoms with E-state index in [1.54, 1.807) is 25.3 Å². The van der Waals surface area contributed by atoms with Gasteiger partial charge in [0.15, 0.2) is 0 Å². The fourth-order valence-electron chi connectivity index (χ4n) is 1.77. The van der Waals surface area contributed by atoms with Crippen LogP contribution in [-0.2, 0) is 6.42 Å². The van der Waals surface area contributed by atoms with E-state index in [1.807, 2.05) is 26.0 Å². The Morgan fingerprint density at radius 3 is 2.63 bits per heavy atom. The molecule has 100 valence electrons. The molecule has 0 bridgehead atoms. The van der Waals surface area contributed by atoms with Crippen LogP contribution in [0, 0.1) is 6.92 Å². The molecule has 1 unspecified atom stereocenters. The lowest BCUT2D eigenvalue weighted by molar-refractivity contribution is 0.194. The van der Waals surface area contributed by atoms with Crippen LogP contribution in [0.4, 0.5) is 0 Å². The van der Waals surface area contributed by atoms with Gasteiger partial charge in [0.05, 0.1) is 23.7 Å². The first-order valence-corrected chi connectivity index (χ1v) is 6.38. The van der Waals surface area contributed by atoms with Gasteiger partial charge in [0.25, 0.3) is 0 Å². The first kappa shape index (κ1) is 13.5. The third kappa shape index (κ3) is 3.29. The Labute approximate surface area is 113 Å². The van der Waals surface area contributed by atoms with Gasteiger partial charge >= 0.3 is 0 Å². The third-order valence-electron chi connectivity index (χ3n) is 2.82. The summed E-state index contributed by atoms with van der Waals surface area (Å²) >= 11 is 0. The number of aliphatic hydroxyl groups is 1. The van der Waals surface area contributed by atoms with Crippen LogP contribution in [0.25, 0.3) is 0 Å². The van der Waals surface area contributed by atoms with Crippen LogP contribution in [0.5, 0.6) is 11.5 Å². The van der Waals surface area contributed by atoms with Crippen LogP contribution in [0.15, 0.2) is 30.5 Å². The molecule has 0 aliphatic heterocycles. The van der Waals surface area contributed by atoms with Gasteiger partial charge in [-0.1, -0.05) is 6.92 Å². The topological polar surface area (TPSA) is 55.2 Å². The minimum Gasteiger partial charge on any atom is -0.454 e. The zero-order chi connectivity index (χ0) is 13.8. The molecule has 19 heavy (non-hydrogen) atoms. The maximum atomic E-state index is 9.40. The quantitative estimate of drug-likeness (QED) is 0.915. The van der Waals surface area contributed by atoms with Gasteiger partial charge in [-0.2, -0.15) is 0 Å². The summed E-state index contributed by atoms with van der Waals surface area (Å²) in [6.45, 7) is 5.69. The molecule has 1 atom stereocenters. The Morgan fingerprint density at radius 2 is 2.05 bits per heavy atom. The number of ether oxygens (including phenoxy) is 1. The molecule has 4 heteroatoms. The molecule has 2 aromatic heterocycles. The van der Waals surface area contributed by atoms with E-state index >= 15 is 0 Å². The molecule has 4 nitrogen and oxygen atoms in total. The first-order chi connectivity index (χ1) is 9.10. The van der Waals surface area contributed by atoms with Crippen molar-refractivity contribution in [3.8, 4) is 11.5 Å². The lowest BCUT2D eigenvalue weighted by Crippen LogP contribution is -1.98. The SMILES string of the molecule is CCc1nc(C)ccc1Oc1ccc(C(C)O)nc1. The van der Waals surface area contributed by atoms with Gasteiger partial charge in [-0.05, 0) is 44.5 Å². The molecule has 0 radical (unpaired) electrons. The second-order valence-electron chi connectivity index (χ2n) is 4.45. The van der Waals surface area contributed by atoms with Crippen molar-refractivity contribution in [2.24, 2.45) is 0 Å². The highest BCUT2D eigenvalue weighted by Crippen LogP contribution is 2.25. The zero-order valence-electron chi connectivity index (χ0n) is 11.4. The monoisotopic (exact) mass is 258 g/mol. The third-order valence-corrected chi connectivity index (χ3v) is 2.82. The smallest absolute Gasteiger partial charge is 0.148 e. The molecule has 0 aliphatic carbocycles. The fourth-order valence-corrected chi connectivity index (χ4v) is 1.77. The summed E-state index contributed by atoms with van der Waals surface area (Å²) in [5.41, 5.74) is 2.54. The van der Waals surface area contributed by atoms with E-state index in [9.17, 15) is 5.11 Å². The van der Waals surface area contributed by atoms with Crippen LogP contribution in [0.3, 0.4) is 0 Å². The van der Waals surface area contributed by atoms with Crippen LogP contribution in [0.1, 0.15) is 37.0 Å². The number of hydrogen-bond acceptors (Lipinski definition) is 4. The molecule has 0 spiro atoms. The molecule has 0 saturated carbocycles. The van der Waals surface area contributed by atoms with Gasteiger partial charge < -0.3 is 9.84 Å². The van der Waals surface area contributed by atoms with Crippen molar-refractivity contribution in [1.82, 2.24) is 9.97 Å². The summed E-state index contributed by atoms with van der Waals surface area (Å²) in [4.78, 5) is 8.60. The second kappa shape index (κ2) is 5.80. The Balaban J connectivity index is 2.21. The normalized spacial score (nSPS) is 12.2. The predicted octanol–water partition coefficient (Wildman–Crippen LogP) is 3.19. The summed E-state index contributed by atoms with van der Waals surface area (Å²) < 4.78 is 5.78. The molecular weight excluding hydrogens is 240 g/mol. The predicted molar refractivity (Wildman–Crippen MR) is 73.3 cm³/mol. The van der Waals surface area contributed by atoms with Gasteiger partial charge in [-0.3, -0.25) is 9.97 Å². The number of pyridine rings is 2. The van der Waals surface area contributed by atoms with E-state index < -0.39 is 6.10 Å². The lowest BCUT2D eigenvalue weighted by atomic mass is 10.2. The second-order valence-corrected chi connectivity index (χ2v) is 4.45. The molecule has 0 fully saturated rings. The number of aryl methyl sites for hydroxylation is 2. The van der Waals surface area contributed by atoms with Crippen LogP contribution >= 0.6 is 0 Å². The van der Waals surface area contributed by atoms with E-state index in [2.05, 4.69) is 9.97 Å². The molecule has 2 heterocycles. The summed E-state index contributed by atoms with van der Waals surface area (Å²) in [5, 5.41) is 9.40. The van der Waals surface area contributed by atoms with Crippen LogP contribution in [-0.4, -0.2) is 15.1 Å². The summed E-state index contributed by atoms with van der Waals surface area (Å²) in [6, 6.07) is 7.40. The Bertz CT molecular complexity index is 551. The molecule has 2 aromatic rings. The molecule has 2 rings (SSSR count). The molecule has 0 aliphatic rings. The van der Waals surface area contributed by atoms with Crippen molar-refractivity contribution in [2.45, 2.75) is 33.3 Å². The van der Waals surface area contributed by atoms with E-state index in [-0.39, 0.29) is 0 Å². The van der Waals surface area contributed by atoms with Gasteiger partial charge in [0, 0.05) is 5.69 Å². The maximum Gasteiger partial charge on any atom is 0.148 e. The van der Waals surface area contributed by atoms with Gasteiger partial charge in [-0.15, -0.1) is 0 Å². The van der Waals surface area contributed by atoms with E-state index in [0.29, 0.717) is 11.4 Å². The molecular formula is C15H18N2O2. The molecule has 1 N–H and O–H groups in total.